The van der Waals surface area contributed by atoms with Gasteiger partial charge in [-0.2, -0.15) is 0 Å². The second-order valence-corrected chi connectivity index (χ2v) is 8.83. The summed E-state index contributed by atoms with van der Waals surface area (Å²) in [6, 6.07) is 18.2. The van der Waals surface area contributed by atoms with Crippen LogP contribution in [0.4, 0.5) is 22.7 Å². The monoisotopic (exact) mass is 412 g/mol. The predicted molar refractivity (Wildman–Crippen MR) is 114 cm³/mol. The van der Waals surface area contributed by atoms with Gasteiger partial charge in [0.1, 0.15) is 0 Å². The fourth-order valence-corrected chi connectivity index (χ4v) is 5.99. The van der Waals surface area contributed by atoms with E-state index in [0.29, 0.717) is 15.0 Å². The summed E-state index contributed by atoms with van der Waals surface area (Å²) in [7, 11) is 0. The number of quaternary nitrogens is 1. The van der Waals surface area contributed by atoms with Crippen molar-refractivity contribution in [2.24, 2.45) is 0 Å². The zero-order valence-electron chi connectivity index (χ0n) is 15.7. The molecule has 0 bridgehead atoms. The van der Waals surface area contributed by atoms with E-state index in [1.165, 1.54) is 42.4 Å². The number of nitrogens with zero attached hydrogens (tertiary/aromatic N) is 1. The van der Waals surface area contributed by atoms with E-state index < -0.39 is 0 Å². The molecule has 1 aliphatic rings. The van der Waals surface area contributed by atoms with E-state index >= 15 is 0 Å². The van der Waals surface area contributed by atoms with Crippen molar-refractivity contribution in [2.75, 3.05) is 29.9 Å². The van der Waals surface area contributed by atoms with Crippen LogP contribution in [0, 0.1) is 0 Å². The summed E-state index contributed by atoms with van der Waals surface area (Å²) in [5.74, 6) is 0. The number of nitrogens with two attached hydrogens (primary N) is 1. The number of hydrogen-bond acceptors (Lipinski definition) is 2. The second kappa shape index (κ2) is 7.32. The van der Waals surface area contributed by atoms with Gasteiger partial charge in [-0.3, -0.25) is 0 Å². The molecule has 0 amide bonds. The van der Waals surface area contributed by atoms with Crippen LogP contribution in [-0.4, -0.2) is 34.6 Å². The van der Waals surface area contributed by atoms with Gasteiger partial charge in [0.25, 0.3) is 0 Å². The van der Waals surface area contributed by atoms with Gasteiger partial charge < -0.3 is 0 Å². The summed E-state index contributed by atoms with van der Waals surface area (Å²) in [6.45, 7) is 9.66. The molecule has 0 saturated carbocycles. The number of benzene rings is 3. The van der Waals surface area contributed by atoms with Crippen molar-refractivity contribution in [1.82, 2.24) is 0 Å². The molecule has 0 aliphatic carbocycles. The van der Waals surface area contributed by atoms with Gasteiger partial charge in [-0.25, -0.2) is 0 Å². The maximum absolute atomic E-state index is 3.54. The predicted octanol–water partition coefficient (Wildman–Crippen LogP) is 2.61. The zero-order valence-corrected chi connectivity index (χ0v) is 17.4. The van der Waals surface area contributed by atoms with Crippen molar-refractivity contribution in [2.45, 2.75) is 20.8 Å². The van der Waals surface area contributed by atoms with Gasteiger partial charge in [0.05, 0.1) is 0 Å². The van der Waals surface area contributed by atoms with Gasteiger partial charge in [0.15, 0.2) is 0 Å². The summed E-state index contributed by atoms with van der Waals surface area (Å²) in [4.78, 5) is 2.43. The minimum atomic E-state index is 0.343. The third-order valence-corrected chi connectivity index (χ3v) is 7.47. The second-order valence-electron chi connectivity index (χ2n) is 6.55. The quantitative estimate of drug-likeness (QED) is 0.391. The van der Waals surface area contributed by atoms with Crippen molar-refractivity contribution >= 4 is 57.4 Å². The first-order valence-corrected chi connectivity index (χ1v) is 11.2. The Morgan fingerprint density at radius 1 is 0.962 bits per heavy atom. The molecule has 0 unspecified atom stereocenters. The van der Waals surface area contributed by atoms with Gasteiger partial charge in [-0.1, -0.05) is 0 Å². The molecule has 0 radical (unpaired) electrons. The van der Waals surface area contributed by atoms with Crippen LogP contribution in [0.15, 0.2) is 48.5 Å². The summed E-state index contributed by atoms with van der Waals surface area (Å²) in [5.41, 5.74) is 5.38. The van der Waals surface area contributed by atoms with E-state index in [2.05, 4.69) is 84.8 Å². The zero-order chi connectivity index (χ0) is 18.1. The molecular weight excluding hydrogens is 385 g/mol. The Morgan fingerprint density at radius 2 is 1.81 bits per heavy atom. The SMILES string of the molecule is CCNc1cccc2ccc3c(c12)[NH2+]c1ccc(N(CC)CC)cc1[Se]3. The van der Waals surface area contributed by atoms with Crippen molar-refractivity contribution in [1.29, 1.82) is 0 Å². The summed E-state index contributed by atoms with van der Waals surface area (Å²) < 4.78 is 2.98. The molecule has 3 aromatic carbocycles. The van der Waals surface area contributed by atoms with Crippen LogP contribution in [0.25, 0.3) is 10.8 Å². The molecule has 3 aromatic rings. The maximum atomic E-state index is 3.54. The summed E-state index contributed by atoms with van der Waals surface area (Å²) in [5, 5.41) is 8.62. The Bertz CT molecular complexity index is 948. The van der Waals surface area contributed by atoms with Crippen LogP contribution < -0.4 is 24.5 Å². The molecule has 134 valence electrons. The third-order valence-electron chi connectivity index (χ3n) is 5.06. The first-order valence-electron chi connectivity index (χ1n) is 9.46. The number of rotatable bonds is 5. The first-order chi connectivity index (χ1) is 12.7. The molecule has 0 spiro atoms. The van der Waals surface area contributed by atoms with Gasteiger partial charge in [-0.15, -0.1) is 0 Å². The Balaban J connectivity index is 1.79. The van der Waals surface area contributed by atoms with E-state index in [1.54, 1.807) is 0 Å². The number of nitrogens with one attached hydrogen (secondary N) is 1. The van der Waals surface area contributed by atoms with Crippen molar-refractivity contribution in [3.05, 3.63) is 48.5 Å². The number of fused-ring (bicyclic) bond motifs is 4. The van der Waals surface area contributed by atoms with Gasteiger partial charge in [0, 0.05) is 0 Å². The van der Waals surface area contributed by atoms with Crippen LogP contribution in [0.2, 0.25) is 0 Å². The fourth-order valence-electron chi connectivity index (χ4n) is 3.75. The van der Waals surface area contributed by atoms with Crippen molar-refractivity contribution in [3.8, 4) is 0 Å². The van der Waals surface area contributed by atoms with Crippen molar-refractivity contribution < 1.29 is 5.32 Å². The first kappa shape index (κ1) is 17.4. The Morgan fingerprint density at radius 3 is 2.58 bits per heavy atom. The van der Waals surface area contributed by atoms with Gasteiger partial charge >= 0.3 is 162 Å². The molecule has 0 atom stereocenters. The van der Waals surface area contributed by atoms with Crippen LogP contribution in [0.3, 0.4) is 0 Å². The average Bonchev–Trinajstić information content (AvgIpc) is 2.67. The normalized spacial score (nSPS) is 12.6. The molecule has 3 nitrogen and oxygen atoms in total. The summed E-state index contributed by atoms with van der Waals surface area (Å²) >= 11 is 0.343. The van der Waals surface area contributed by atoms with Gasteiger partial charge in [-0.05, 0) is 0 Å². The van der Waals surface area contributed by atoms with E-state index in [-0.39, 0.29) is 0 Å². The molecule has 4 heteroatoms. The number of hydrogen-bond donors (Lipinski definition) is 2. The van der Waals surface area contributed by atoms with Crippen molar-refractivity contribution in [3.63, 3.8) is 0 Å². The topological polar surface area (TPSA) is 31.9 Å². The third kappa shape index (κ3) is 2.99. The summed E-state index contributed by atoms with van der Waals surface area (Å²) in [6.07, 6.45) is 0. The van der Waals surface area contributed by atoms with E-state index in [4.69, 9.17) is 0 Å². The van der Waals surface area contributed by atoms with Crippen LogP contribution >= 0.6 is 0 Å². The Hall–Kier alpha value is -2.00. The Labute approximate surface area is 161 Å². The van der Waals surface area contributed by atoms with Crippen LogP contribution in [-0.2, 0) is 0 Å². The molecule has 26 heavy (non-hydrogen) atoms. The Kier molecular flexibility index (Phi) is 4.90. The van der Waals surface area contributed by atoms with E-state index in [0.717, 1.165) is 19.6 Å². The van der Waals surface area contributed by atoms with E-state index in [9.17, 15) is 0 Å². The van der Waals surface area contributed by atoms with Gasteiger partial charge in [0.2, 0.25) is 0 Å². The average molecular weight is 411 g/mol. The molecule has 0 fully saturated rings. The molecule has 3 N–H and O–H groups in total. The molecule has 1 heterocycles. The molecule has 4 rings (SSSR count). The fraction of sp³-hybridized carbons (Fsp3) is 0.273. The standard InChI is InChI=1S/C22H25N3Se/c1-4-23-18-9-7-8-15-10-13-19-22(21(15)18)24-17-12-11-16(14-20(17)26-19)25(5-2)6-3/h7-14,23-24H,4-6H2,1-3H3/p+1. The van der Waals surface area contributed by atoms with E-state index in [1.807, 2.05) is 0 Å². The molecule has 0 saturated heterocycles. The van der Waals surface area contributed by atoms with Crippen LogP contribution in [0.1, 0.15) is 20.8 Å². The molecular formula is C22H26N3Se+. The molecule has 1 aliphatic heterocycles. The van der Waals surface area contributed by atoms with Crippen LogP contribution in [0.5, 0.6) is 0 Å². The molecule has 0 aromatic heterocycles. The minimum absolute atomic E-state index is 0.343. The number of anilines is 2.